The minimum atomic E-state index is -0.345. The largest absolute Gasteiger partial charge is 0.360 e. The zero-order valence-corrected chi connectivity index (χ0v) is 19.4. The van der Waals surface area contributed by atoms with Gasteiger partial charge in [0.15, 0.2) is 5.82 Å². The zero-order valence-electron chi connectivity index (χ0n) is 19.4. The molecule has 0 aliphatic carbocycles. The number of anilines is 1. The third kappa shape index (κ3) is 3.71. The summed E-state index contributed by atoms with van der Waals surface area (Å²) in [6.07, 6.45) is 3.34. The Kier molecular flexibility index (Phi) is 5.30. The summed E-state index contributed by atoms with van der Waals surface area (Å²) in [5.74, 6) is 0.282. The van der Waals surface area contributed by atoms with E-state index in [9.17, 15) is 9.18 Å². The molecular formula is C29H22FN5O. The molecule has 176 valence electrons. The molecule has 0 saturated carbocycles. The van der Waals surface area contributed by atoms with Gasteiger partial charge < -0.3 is 10.3 Å². The summed E-state index contributed by atoms with van der Waals surface area (Å²) >= 11 is 0. The summed E-state index contributed by atoms with van der Waals surface area (Å²) < 4.78 is 15.8. The lowest BCUT2D eigenvalue weighted by Gasteiger charge is -2.22. The Labute approximate surface area is 206 Å². The number of imidazole rings is 1. The van der Waals surface area contributed by atoms with Gasteiger partial charge in [0.25, 0.3) is 5.56 Å². The predicted octanol–water partition coefficient (Wildman–Crippen LogP) is 6.24. The minimum absolute atomic E-state index is 0.173. The number of halogens is 1. The van der Waals surface area contributed by atoms with Crippen molar-refractivity contribution in [1.29, 1.82) is 0 Å². The molecule has 0 spiro atoms. The number of hydrogen-bond acceptors (Lipinski definition) is 4. The maximum absolute atomic E-state index is 14.2. The molecule has 6 nitrogen and oxygen atoms in total. The smallest absolute Gasteiger partial charge is 0.263 e. The van der Waals surface area contributed by atoms with Gasteiger partial charge in [-0.15, -0.1) is 0 Å². The van der Waals surface area contributed by atoms with Crippen LogP contribution in [-0.4, -0.2) is 19.5 Å². The molecule has 6 aromatic rings. The van der Waals surface area contributed by atoms with Gasteiger partial charge >= 0.3 is 0 Å². The number of pyridine rings is 2. The molecular weight excluding hydrogens is 453 g/mol. The molecule has 0 fully saturated rings. The first kappa shape index (κ1) is 21.7. The maximum atomic E-state index is 14.2. The standard InChI is InChI=1S/C29H22FN5O/c1-18(34-28-27-24(13-14-31-28)32-17-33-27)25-16-20-8-6-12-23(19-7-5-9-21(30)15-19)26(20)29(36)35(25)22-10-3-2-4-11-22/h2-18H,1H3,(H,31,34)(H,32,33)/t18-/m0/s1. The fourth-order valence-electron chi connectivity index (χ4n) is 4.69. The first-order valence-electron chi connectivity index (χ1n) is 11.6. The highest BCUT2D eigenvalue weighted by Gasteiger charge is 2.20. The second kappa shape index (κ2) is 8.78. The second-order valence-electron chi connectivity index (χ2n) is 8.65. The lowest BCUT2D eigenvalue weighted by molar-refractivity contribution is 0.628. The fourth-order valence-corrected chi connectivity index (χ4v) is 4.69. The van der Waals surface area contributed by atoms with Crippen molar-refractivity contribution in [2.24, 2.45) is 0 Å². The van der Waals surface area contributed by atoms with Crippen LogP contribution >= 0.6 is 0 Å². The van der Waals surface area contributed by atoms with Crippen molar-refractivity contribution in [3.05, 3.63) is 119 Å². The van der Waals surface area contributed by atoms with E-state index < -0.39 is 0 Å². The Balaban J connectivity index is 1.58. The van der Waals surface area contributed by atoms with Gasteiger partial charge in [0.1, 0.15) is 11.3 Å². The third-order valence-electron chi connectivity index (χ3n) is 6.36. The molecule has 0 bridgehead atoms. The quantitative estimate of drug-likeness (QED) is 0.309. The van der Waals surface area contributed by atoms with Crippen molar-refractivity contribution >= 4 is 27.6 Å². The number of fused-ring (bicyclic) bond motifs is 2. The van der Waals surface area contributed by atoms with Crippen LogP contribution in [-0.2, 0) is 0 Å². The number of H-pyrrole nitrogens is 1. The van der Waals surface area contributed by atoms with Gasteiger partial charge in [-0.25, -0.2) is 14.4 Å². The Bertz CT molecular complexity index is 1770. The van der Waals surface area contributed by atoms with Crippen LogP contribution in [0.3, 0.4) is 0 Å². The van der Waals surface area contributed by atoms with Gasteiger partial charge in [0.2, 0.25) is 0 Å². The molecule has 0 aliphatic heterocycles. The number of benzene rings is 3. The molecule has 36 heavy (non-hydrogen) atoms. The Morgan fingerprint density at radius 1 is 0.944 bits per heavy atom. The first-order valence-corrected chi connectivity index (χ1v) is 11.6. The first-order chi connectivity index (χ1) is 17.6. The lowest BCUT2D eigenvalue weighted by atomic mass is 9.97. The van der Waals surface area contributed by atoms with Gasteiger partial charge in [-0.05, 0) is 59.8 Å². The van der Waals surface area contributed by atoms with Crippen LogP contribution in [0.5, 0.6) is 0 Å². The van der Waals surface area contributed by atoms with E-state index in [0.717, 1.165) is 27.8 Å². The molecule has 7 heteroatoms. The molecule has 2 N–H and O–H groups in total. The van der Waals surface area contributed by atoms with Crippen molar-refractivity contribution in [3.63, 3.8) is 0 Å². The summed E-state index contributed by atoms with van der Waals surface area (Å²) in [4.78, 5) is 26.1. The predicted molar refractivity (Wildman–Crippen MR) is 141 cm³/mol. The van der Waals surface area contributed by atoms with Gasteiger partial charge in [0.05, 0.1) is 23.3 Å². The maximum Gasteiger partial charge on any atom is 0.263 e. The topological polar surface area (TPSA) is 75.6 Å². The summed E-state index contributed by atoms with van der Waals surface area (Å²) in [6, 6.07) is 25.1. The number of aromatic amines is 1. The van der Waals surface area contributed by atoms with Crippen molar-refractivity contribution in [2.75, 3.05) is 5.32 Å². The summed E-state index contributed by atoms with van der Waals surface area (Å²) in [5, 5.41) is 4.76. The van der Waals surface area contributed by atoms with Crippen molar-refractivity contribution in [3.8, 4) is 16.8 Å². The van der Waals surface area contributed by atoms with E-state index in [2.05, 4.69) is 20.3 Å². The van der Waals surface area contributed by atoms with Crippen LogP contribution in [0, 0.1) is 5.82 Å². The molecule has 0 aliphatic rings. The Hall–Kier alpha value is -4.78. The molecule has 3 aromatic carbocycles. The number of para-hydroxylation sites is 1. The van der Waals surface area contributed by atoms with E-state index in [1.54, 1.807) is 23.2 Å². The monoisotopic (exact) mass is 475 g/mol. The number of hydrogen-bond donors (Lipinski definition) is 2. The van der Waals surface area contributed by atoms with Crippen LogP contribution in [0.2, 0.25) is 0 Å². The van der Waals surface area contributed by atoms with Crippen molar-refractivity contribution in [2.45, 2.75) is 13.0 Å². The van der Waals surface area contributed by atoms with Gasteiger partial charge in [-0.1, -0.05) is 48.5 Å². The van der Waals surface area contributed by atoms with E-state index in [1.807, 2.05) is 73.7 Å². The van der Waals surface area contributed by atoms with E-state index in [0.29, 0.717) is 22.3 Å². The number of nitrogens with zero attached hydrogens (tertiary/aromatic N) is 3. The SMILES string of the molecule is C[C@H](Nc1nccc2[nH]cnc12)c1cc2cccc(-c3cccc(F)c3)c2c(=O)n1-c1ccccc1. The Morgan fingerprint density at radius 3 is 2.61 bits per heavy atom. The average Bonchev–Trinajstić information content (AvgIpc) is 3.39. The van der Waals surface area contributed by atoms with Crippen LogP contribution in [0.4, 0.5) is 10.2 Å². The minimum Gasteiger partial charge on any atom is -0.360 e. The van der Waals surface area contributed by atoms with Crippen LogP contribution in [0.1, 0.15) is 18.7 Å². The Morgan fingerprint density at radius 2 is 1.78 bits per heavy atom. The zero-order chi connectivity index (χ0) is 24.6. The van der Waals surface area contributed by atoms with Gasteiger partial charge in [-0.2, -0.15) is 0 Å². The normalized spacial score (nSPS) is 12.2. The molecule has 0 amide bonds. The lowest BCUT2D eigenvalue weighted by Crippen LogP contribution is -2.26. The van der Waals surface area contributed by atoms with Gasteiger partial charge in [-0.3, -0.25) is 9.36 Å². The molecule has 6 rings (SSSR count). The van der Waals surface area contributed by atoms with E-state index in [1.165, 1.54) is 12.1 Å². The van der Waals surface area contributed by atoms with Crippen LogP contribution in [0.15, 0.2) is 102 Å². The summed E-state index contributed by atoms with van der Waals surface area (Å²) in [5.41, 5.74) is 4.29. The van der Waals surface area contributed by atoms with Gasteiger partial charge in [0, 0.05) is 17.6 Å². The number of nitrogens with one attached hydrogen (secondary N) is 2. The fraction of sp³-hybridized carbons (Fsp3) is 0.0690. The van der Waals surface area contributed by atoms with Crippen LogP contribution < -0.4 is 10.9 Å². The third-order valence-corrected chi connectivity index (χ3v) is 6.36. The highest BCUT2D eigenvalue weighted by molar-refractivity contribution is 5.96. The molecule has 0 radical (unpaired) electrons. The van der Waals surface area contributed by atoms with Crippen LogP contribution in [0.25, 0.3) is 38.6 Å². The molecule has 0 saturated heterocycles. The van der Waals surface area contributed by atoms with E-state index in [-0.39, 0.29) is 17.4 Å². The number of rotatable bonds is 5. The molecule has 0 unspecified atom stereocenters. The molecule has 1 atom stereocenters. The van der Waals surface area contributed by atoms with Crippen molar-refractivity contribution < 1.29 is 4.39 Å². The number of aromatic nitrogens is 4. The average molecular weight is 476 g/mol. The molecule has 3 aromatic heterocycles. The highest BCUT2D eigenvalue weighted by Crippen LogP contribution is 2.31. The molecule has 3 heterocycles. The van der Waals surface area contributed by atoms with E-state index >= 15 is 0 Å². The highest BCUT2D eigenvalue weighted by atomic mass is 19.1. The van der Waals surface area contributed by atoms with Crippen molar-refractivity contribution in [1.82, 2.24) is 19.5 Å². The van der Waals surface area contributed by atoms with E-state index in [4.69, 9.17) is 0 Å². The second-order valence-corrected chi connectivity index (χ2v) is 8.65. The summed E-state index contributed by atoms with van der Waals surface area (Å²) in [6.45, 7) is 1.99. The summed E-state index contributed by atoms with van der Waals surface area (Å²) in [7, 11) is 0.